The maximum atomic E-state index is 13.3. The van der Waals surface area contributed by atoms with Crippen LogP contribution in [0.3, 0.4) is 0 Å². The molecule has 0 saturated heterocycles. The zero-order valence-corrected chi connectivity index (χ0v) is 32.8. The predicted molar refractivity (Wildman–Crippen MR) is 218 cm³/mol. The van der Waals surface area contributed by atoms with Crippen LogP contribution in [-0.2, 0) is 0 Å². The molecular formula is C49H58O6. The Morgan fingerprint density at radius 3 is 1.38 bits per heavy atom. The Morgan fingerprint density at radius 2 is 0.945 bits per heavy atom. The van der Waals surface area contributed by atoms with Crippen LogP contribution in [-0.4, -0.2) is 22.8 Å². The number of rotatable bonds is 16. The molecular weight excluding hydrogens is 685 g/mol. The van der Waals surface area contributed by atoms with Crippen molar-refractivity contribution in [2.75, 3.05) is 0 Å². The summed E-state index contributed by atoms with van der Waals surface area (Å²) in [5, 5.41) is 10.7. The van der Waals surface area contributed by atoms with Gasteiger partial charge in [0.25, 0.3) is 0 Å². The topological polar surface area (TPSA) is 89.9 Å². The summed E-state index contributed by atoms with van der Waals surface area (Å²) in [5.74, 6) is 1.55. The molecule has 0 radical (unpaired) electrons. The standard InChI is InChI=1S/C49H58O6/c1-3-5-7-9-34-11-15-36(16-12-34)38-19-23-41(24-20-38)48(52)54-43-29-27-40(28-30-43)47(51)45-32-31-44(33-46(45)50)55-49(53)42-25-21-39(22-26-42)37-17-13-35(14-18-37)10-8-6-4-2/h19-37,50H,3-18H2,1-2H3/t34-,35-,36-,37-. The Balaban J connectivity index is 0.968. The Hall–Kier alpha value is -4.71. The van der Waals surface area contributed by atoms with E-state index >= 15 is 0 Å². The molecule has 0 heterocycles. The Morgan fingerprint density at radius 1 is 0.527 bits per heavy atom. The average molecular weight is 743 g/mol. The SMILES string of the molecule is CCCCC[C@H]1CC[C@H](c2ccc(C(=O)Oc3ccc(C(=O)c4ccc(OC(=O)c5ccc([C@H]6CC[C@H](CCCCC)CC6)cc5)cc4O)cc3)cc2)CC1. The average Bonchev–Trinajstić information content (AvgIpc) is 3.22. The monoisotopic (exact) mass is 742 g/mol. The molecule has 0 spiro atoms. The molecule has 4 aromatic rings. The van der Waals surface area contributed by atoms with Crippen LogP contribution in [0.5, 0.6) is 17.2 Å². The molecule has 2 aliphatic carbocycles. The van der Waals surface area contributed by atoms with Gasteiger partial charge in [0.2, 0.25) is 0 Å². The van der Waals surface area contributed by atoms with Gasteiger partial charge in [0.1, 0.15) is 17.2 Å². The lowest BCUT2D eigenvalue weighted by Crippen LogP contribution is -2.14. The summed E-state index contributed by atoms with van der Waals surface area (Å²) in [6, 6.07) is 25.9. The van der Waals surface area contributed by atoms with Crippen molar-refractivity contribution in [1.29, 1.82) is 0 Å². The summed E-state index contributed by atoms with van der Waals surface area (Å²) in [5.41, 5.74) is 3.84. The minimum absolute atomic E-state index is 0.0686. The molecule has 0 atom stereocenters. The molecule has 290 valence electrons. The number of phenolic OH excluding ortho intramolecular Hbond substituents is 1. The predicted octanol–water partition coefficient (Wildman–Crippen LogP) is 12.8. The number of carbonyl (C=O) groups excluding carboxylic acids is 3. The first-order valence-electron chi connectivity index (χ1n) is 20.9. The second-order valence-electron chi connectivity index (χ2n) is 16.0. The second-order valence-corrected chi connectivity index (χ2v) is 16.0. The molecule has 6 heteroatoms. The van der Waals surface area contributed by atoms with Crippen molar-refractivity contribution in [3.63, 3.8) is 0 Å². The highest BCUT2D eigenvalue weighted by molar-refractivity contribution is 6.10. The number of aromatic hydroxyl groups is 1. The first kappa shape index (κ1) is 40.0. The zero-order chi connectivity index (χ0) is 38.6. The van der Waals surface area contributed by atoms with E-state index in [1.54, 1.807) is 36.4 Å². The summed E-state index contributed by atoms with van der Waals surface area (Å²) in [4.78, 5) is 39.1. The molecule has 0 aromatic heterocycles. The number of ether oxygens (including phenoxy) is 2. The number of ketones is 1. The number of phenols is 1. The molecule has 2 saturated carbocycles. The van der Waals surface area contributed by atoms with E-state index in [2.05, 4.69) is 26.0 Å². The summed E-state index contributed by atoms with van der Waals surface area (Å²) in [6.07, 6.45) is 20.5. The molecule has 0 amide bonds. The number of benzene rings is 4. The minimum Gasteiger partial charge on any atom is -0.507 e. The van der Waals surface area contributed by atoms with Gasteiger partial charge in [-0.25, -0.2) is 9.59 Å². The summed E-state index contributed by atoms with van der Waals surface area (Å²) < 4.78 is 11.2. The fourth-order valence-corrected chi connectivity index (χ4v) is 8.65. The number of hydrogen-bond acceptors (Lipinski definition) is 6. The smallest absolute Gasteiger partial charge is 0.343 e. The van der Waals surface area contributed by atoms with Crippen molar-refractivity contribution in [1.82, 2.24) is 0 Å². The first-order valence-corrected chi connectivity index (χ1v) is 20.9. The molecule has 0 bridgehead atoms. The van der Waals surface area contributed by atoms with E-state index in [9.17, 15) is 19.5 Å². The van der Waals surface area contributed by atoms with Crippen LogP contribution in [0.25, 0.3) is 0 Å². The lowest BCUT2D eigenvalue weighted by Gasteiger charge is -2.29. The van der Waals surface area contributed by atoms with Crippen molar-refractivity contribution in [2.45, 2.75) is 128 Å². The summed E-state index contributed by atoms with van der Waals surface area (Å²) in [7, 11) is 0. The van der Waals surface area contributed by atoms with E-state index in [0.29, 0.717) is 34.3 Å². The Labute approximate surface area is 327 Å². The van der Waals surface area contributed by atoms with Crippen LogP contribution in [0.15, 0.2) is 91.0 Å². The largest absolute Gasteiger partial charge is 0.507 e. The van der Waals surface area contributed by atoms with Crippen LogP contribution in [0.4, 0.5) is 0 Å². The fourth-order valence-electron chi connectivity index (χ4n) is 8.65. The molecule has 2 fully saturated rings. The van der Waals surface area contributed by atoms with Gasteiger partial charge in [-0.15, -0.1) is 0 Å². The highest BCUT2D eigenvalue weighted by Gasteiger charge is 2.24. The van der Waals surface area contributed by atoms with Crippen molar-refractivity contribution in [2.24, 2.45) is 11.8 Å². The van der Waals surface area contributed by atoms with Gasteiger partial charge in [-0.05, 0) is 147 Å². The van der Waals surface area contributed by atoms with Gasteiger partial charge in [-0.3, -0.25) is 4.79 Å². The highest BCUT2D eigenvalue weighted by atomic mass is 16.5. The maximum Gasteiger partial charge on any atom is 0.343 e. The quantitative estimate of drug-likeness (QED) is 0.0532. The van der Waals surface area contributed by atoms with E-state index in [4.69, 9.17) is 9.47 Å². The molecule has 0 unspecified atom stereocenters. The summed E-state index contributed by atoms with van der Waals surface area (Å²) in [6.45, 7) is 4.51. The molecule has 4 aromatic carbocycles. The Bertz CT molecular complexity index is 1840. The Kier molecular flexibility index (Phi) is 14.4. The fraction of sp³-hybridized carbons (Fsp3) is 0.449. The van der Waals surface area contributed by atoms with Crippen molar-refractivity contribution >= 4 is 17.7 Å². The molecule has 6 rings (SSSR count). The third-order valence-corrected chi connectivity index (χ3v) is 12.1. The van der Waals surface area contributed by atoms with Crippen LogP contribution >= 0.6 is 0 Å². The second kappa shape index (κ2) is 19.7. The lowest BCUT2D eigenvalue weighted by atomic mass is 9.77. The van der Waals surface area contributed by atoms with E-state index in [-0.39, 0.29) is 17.1 Å². The van der Waals surface area contributed by atoms with Crippen LogP contribution < -0.4 is 9.47 Å². The normalized spacial score (nSPS) is 19.7. The first-order chi connectivity index (χ1) is 26.8. The zero-order valence-electron chi connectivity index (χ0n) is 32.8. The summed E-state index contributed by atoms with van der Waals surface area (Å²) >= 11 is 0. The number of unbranched alkanes of at least 4 members (excludes halogenated alkanes) is 4. The maximum absolute atomic E-state index is 13.3. The van der Waals surface area contributed by atoms with Gasteiger partial charge in [-0.1, -0.05) is 89.5 Å². The molecule has 2 aliphatic rings. The van der Waals surface area contributed by atoms with Gasteiger partial charge >= 0.3 is 11.9 Å². The van der Waals surface area contributed by atoms with Gasteiger partial charge < -0.3 is 14.6 Å². The van der Waals surface area contributed by atoms with Crippen LogP contribution in [0, 0.1) is 11.8 Å². The lowest BCUT2D eigenvalue weighted by molar-refractivity contribution is 0.0725. The third-order valence-electron chi connectivity index (χ3n) is 12.1. The molecule has 6 nitrogen and oxygen atoms in total. The number of esters is 2. The number of hydrogen-bond donors (Lipinski definition) is 1. The molecule has 1 N–H and O–H groups in total. The van der Waals surface area contributed by atoms with Gasteiger partial charge in [0.05, 0.1) is 16.7 Å². The van der Waals surface area contributed by atoms with Crippen molar-refractivity contribution < 1.29 is 29.0 Å². The van der Waals surface area contributed by atoms with E-state index in [1.807, 2.05) is 24.3 Å². The van der Waals surface area contributed by atoms with E-state index in [1.165, 1.54) is 132 Å². The molecule has 55 heavy (non-hydrogen) atoms. The van der Waals surface area contributed by atoms with E-state index < -0.39 is 17.7 Å². The molecule has 0 aliphatic heterocycles. The van der Waals surface area contributed by atoms with Gasteiger partial charge in [0.15, 0.2) is 5.78 Å². The van der Waals surface area contributed by atoms with Crippen molar-refractivity contribution in [3.05, 3.63) is 124 Å². The van der Waals surface area contributed by atoms with E-state index in [0.717, 1.165) is 11.8 Å². The third kappa shape index (κ3) is 11.0. The van der Waals surface area contributed by atoms with Crippen LogP contribution in [0.2, 0.25) is 0 Å². The minimum atomic E-state index is -0.527. The number of carbonyl (C=O) groups is 3. The van der Waals surface area contributed by atoms with Gasteiger partial charge in [-0.2, -0.15) is 0 Å². The van der Waals surface area contributed by atoms with Crippen LogP contribution in [0.1, 0.15) is 176 Å². The van der Waals surface area contributed by atoms with Gasteiger partial charge in [0, 0.05) is 11.6 Å². The van der Waals surface area contributed by atoms with Crippen molar-refractivity contribution in [3.8, 4) is 17.2 Å². The highest BCUT2D eigenvalue weighted by Crippen LogP contribution is 2.39.